The Kier molecular flexibility index (Phi) is 3.71. The number of rotatable bonds is 3. The van der Waals surface area contributed by atoms with Crippen LogP contribution >= 0.6 is 0 Å². The Morgan fingerprint density at radius 2 is 2.13 bits per heavy atom. The van der Waals surface area contributed by atoms with Crippen LogP contribution in [0.4, 0.5) is 13.2 Å². The lowest BCUT2D eigenvalue weighted by Crippen LogP contribution is -2.05. The van der Waals surface area contributed by atoms with Gasteiger partial charge < -0.3 is 4.84 Å². The summed E-state index contributed by atoms with van der Waals surface area (Å²) in [6.45, 7) is 1.54. The fourth-order valence-electron chi connectivity index (χ4n) is 1.01. The van der Waals surface area contributed by atoms with E-state index in [1.165, 1.54) is 13.0 Å². The summed E-state index contributed by atoms with van der Waals surface area (Å²) in [5, 5.41) is 3.33. The molecule has 0 aliphatic heterocycles. The molecule has 0 saturated heterocycles. The molecule has 0 aliphatic carbocycles. The van der Waals surface area contributed by atoms with Crippen LogP contribution in [0.25, 0.3) is 0 Å². The van der Waals surface area contributed by atoms with E-state index in [4.69, 9.17) is 0 Å². The Morgan fingerprint density at radius 3 is 2.73 bits per heavy atom. The van der Waals surface area contributed by atoms with Gasteiger partial charge in [-0.25, -0.2) is 0 Å². The van der Waals surface area contributed by atoms with Crippen LogP contribution in [0.1, 0.15) is 18.1 Å². The van der Waals surface area contributed by atoms with Gasteiger partial charge in [0.05, 0.1) is 5.56 Å². The van der Waals surface area contributed by atoms with E-state index in [0.29, 0.717) is 5.56 Å². The maximum atomic E-state index is 12.3. The van der Waals surface area contributed by atoms with Gasteiger partial charge in [-0.2, -0.15) is 13.2 Å². The number of hydrogen-bond donors (Lipinski definition) is 0. The molecule has 0 bridgehead atoms. The number of halogens is 3. The van der Waals surface area contributed by atoms with Crippen LogP contribution < -0.4 is 0 Å². The molecule has 2 nitrogen and oxygen atoms in total. The Balaban J connectivity index is 2.75. The lowest BCUT2D eigenvalue weighted by atomic mass is 10.1. The van der Waals surface area contributed by atoms with Crippen molar-refractivity contribution in [3.05, 3.63) is 35.4 Å². The third-order valence-corrected chi connectivity index (χ3v) is 1.64. The third-order valence-electron chi connectivity index (χ3n) is 1.64. The van der Waals surface area contributed by atoms with Gasteiger partial charge in [0, 0.05) is 0 Å². The molecule has 0 atom stereocenters. The van der Waals surface area contributed by atoms with E-state index in [1.54, 1.807) is 6.07 Å². The van der Waals surface area contributed by atoms with Crippen LogP contribution in [0.5, 0.6) is 0 Å². The molecule has 0 N–H and O–H groups in total. The van der Waals surface area contributed by atoms with Gasteiger partial charge in [-0.05, 0) is 24.6 Å². The van der Waals surface area contributed by atoms with Crippen molar-refractivity contribution >= 4 is 6.21 Å². The van der Waals surface area contributed by atoms with Gasteiger partial charge in [-0.1, -0.05) is 17.3 Å². The molecular weight excluding hydrogens is 207 g/mol. The summed E-state index contributed by atoms with van der Waals surface area (Å²) in [5.74, 6) is 0. The Hall–Kier alpha value is -1.52. The monoisotopic (exact) mass is 216 g/mol. The van der Waals surface area contributed by atoms with Crippen LogP contribution in [0.2, 0.25) is 0 Å². The van der Waals surface area contributed by atoms with Gasteiger partial charge in [0.2, 0.25) is 0 Å². The number of hydrogen-bond acceptors (Lipinski definition) is 2. The van der Waals surface area contributed by atoms with Gasteiger partial charge in [0.25, 0.3) is 0 Å². The topological polar surface area (TPSA) is 21.6 Å². The highest BCUT2D eigenvalue weighted by Crippen LogP contribution is 2.29. The Bertz CT molecular complexity index is 347. The first-order valence-corrected chi connectivity index (χ1v) is 4.19. The highest BCUT2D eigenvalue weighted by Gasteiger charge is 2.30. The van der Waals surface area contributed by atoms with Crippen LogP contribution in [0.3, 0.4) is 0 Å². The van der Waals surface area contributed by atoms with Crippen molar-refractivity contribution < 1.29 is 18.0 Å². The summed E-state index contributed by atoms with van der Waals surface area (Å²) in [4.78, 5) is 4.68. The maximum absolute atomic E-state index is 12.3. The highest BCUT2D eigenvalue weighted by molar-refractivity contribution is 5.52. The Labute approximate surface area is 85.4 Å². The maximum Gasteiger partial charge on any atom is 0.416 e. The first-order valence-electron chi connectivity index (χ1n) is 4.19. The SMILES string of the molecule is C/[C]=N\OCc1cccc(C(F)(F)F)c1. The molecule has 0 heterocycles. The van der Waals surface area contributed by atoms with Gasteiger partial charge in [-0.15, -0.1) is 0 Å². The van der Waals surface area contributed by atoms with Crippen molar-refractivity contribution in [2.75, 3.05) is 0 Å². The predicted molar refractivity (Wildman–Crippen MR) is 49.3 cm³/mol. The van der Waals surface area contributed by atoms with E-state index in [2.05, 4.69) is 16.2 Å². The average molecular weight is 216 g/mol. The summed E-state index contributed by atoms with van der Waals surface area (Å²) in [6.07, 6.45) is -1.96. The standard InChI is InChI=1S/C10H9F3NO/c1-2-14-15-7-8-4-3-5-9(6-8)10(11,12)13/h3-6H,7H2,1H3. The fourth-order valence-corrected chi connectivity index (χ4v) is 1.01. The van der Waals surface area contributed by atoms with E-state index in [-0.39, 0.29) is 6.61 Å². The summed E-state index contributed by atoms with van der Waals surface area (Å²) in [7, 11) is 0. The highest BCUT2D eigenvalue weighted by atomic mass is 19.4. The van der Waals surface area contributed by atoms with Crippen molar-refractivity contribution in [2.24, 2.45) is 5.16 Å². The van der Waals surface area contributed by atoms with Crippen LogP contribution in [-0.4, -0.2) is 6.21 Å². The minimum absolute atomic E-state index is 0.00472. The summed E-state index contributed by atoms with van der Waals surface area (Å²) in [5.41, 5.74) is -0.267. The average Bonchev–Trinajstić information content (AvgIpc) is 2.17. The van der Waals surface area contributed by atoms with Crippen molar-refractivity contribution in [1.29, 1.82) is 0 Å². The first kappa shape index (κ1) is 11.6. The second kappa shape index (κ2) is 4.82. The van der Waals surface area contributed by atoms with Crippen molar-refractivity contribution in [3.8, 4) is 0 Å². The largest absolute Gasteiger partial charge is 0.416 e. The lowest BCUT2D eigenvalue weighted by Gasteiger charge is -2.07. The molecule has 0 amide bonds. The quantitative estimate of drug-likeness (QED) is 0.562. The lowest BCUT2D eigenvalue weighted by molar-refractivity contribution is -0.137. The zero-order chi connectivity index (χ0) is 11.3. The second-order valence-electron chi connectivity index (χ2n) is 2.79. The molecule has 1 aromatic carbocycles. The van der Waals surface area contributed by atoms with E-state index in [1.807, 2.05) is 0 Å². The van der Waals surface area contributed by atoms with E-state index >= 15 is 0 Å². The molecule has 0 aromatic heterocycles. The van der Waals surface area contributed by atoms with Gasteiger partial charge in [0.1, 0.15) is 12.8 Å². The minimum atomic E-state index is -4.32. The second-order valence-corrected chi connectivity index (χ2v) is 2.79. The van der Waals surface area contributed by atoms with E-state index in [9.17, 15) is 13.2 Å². The summed E-state index contributed by atoms with van der Waals surface area (Å²) < 4.78 is 36.8. The zero-order valence-electron chi connectivity index (χ0n) is 8.01. The van der Waals surface area contributed by atoms with Gasteiger partial charge >= 0.3 is 6.18 Å². The first-order chi connectivity index (χ1) is 7.04. The molecular formula is C10H9F3NO. The van der Waals surface area contributed by atoms with Crippen LogP contribution in [-0.2, 0) is 17.6 Å². The molecule has 15 heavy (non-hydrogen) atoms. The van der Waals surface area contributed by atoms with Gasteiger partial charge in [-0.3, -0.25) is 0 Å². The van der Waals surface area contributed by atoms with Crippen molar-refractivity contribution in [1.82, 2.24) is 0 Å². The molecule has 0 spiro atoms. The number of benzene rings is 1. The Morgan fingerprint density at radius 1 is 1.40 bits per heavy atom. The predicted octanol–water partition coefficient (Wildman–Crippen LogP) is 3.10. The normalized spacial score (nSPS) is 12.0. The van der Waals surface area contributed by atoms with E-state index in [0.717, 1.165) is 12.1 Å². The molecule has 0 fully saturated rings. The van der Waals surface area contributed by atoms with Crippen LogP contribution in [0.15, 0.2) is 29.4 Å². The number of nitrogens with zero attached hydrogens (tertiary/aromatic N) is 1. The summed E-state index contributed by atoms with van der Waals surface area (Å²) >= 11 is 0. The molecule has 0 aliphatic rings. The summed E-state index contributed by atoms with van der Waals surface area (Å²) in [6, 6.07) is 4.92. The number of alkyl halides is 3. The molecule has 1 radical (unpaired) electrons. The minimum Gasteiger partial charge on any atom is -0.391 e. The molecule has 1 aromatic rings. The smallest absolute Gasteiger partial charge is 0.391 e. The molecule has 5 heteroatoms. The molecule has 1 rings (SSSR count). The van der Waals surface area contributed by atoms with Crippen molar-refractivity contribution in [2.45, 2.75) is 19.7 Å². The fraction of sp³-hybridized carbons (Fsp3) is 0.300. The molecule has 0 saturated carbocycles. The van der Waals surface area contributed by atoms with Crippen LogP contribution in [0, 0.1) is 0 Å². The van der Waals surface area contributed by atoms with Crippen molar-refractivity contribution in [3.63, 3.8) is 0 Å². The molecule has 0 unspecified atom stereocenters. The van der Waals surface area contributed by atoms with E-state index < -0.39 is 11.7 Å². The third kappa shape index (κ3) is 3.61. The van der Waals surface area contributed by atoms with Gasteiger partial charge in [0.15, 0.2) is 0 Å². The zero-order valence-corrected chi connectivity index (χ0v) is 8.01. The molecule has 81 valence electrons.